The second kappa shape index (κ2) is 4.47. The highest BCUT2D eigenvalue weighted by Gasteiger charge is 1.97. The number of nitrogens with one attached hydrogen (secondary N) is 1. The van der Waals surface area contributed by atoms with Gasteiger partial charge in [0.1, 0.15) is 6.21 Å². The Morgan fingerprint density at radius 1 is 1.46 bits per heavy atom. The van der Waals surface area contributed by atoms with Gasteiger partial charge < -0.3 is 10.5 Å². The standard InChI is InChI=1S/C8H7ClN2O2/c9-6-1-3-7(4-2-6)11-8(12)5-10-13/h1-5,13H,(H,11,12)/b10-5-. The van der Waals surface area contributed by atoms with Crippen LogP contribution in [-0.4, -0.2) is 17.3 Å². The number of oxime groups is 1. The van der Waals surface area contributed by atoms with Crippen molar-refractivity contribution in [3.8, 4) is 0 Å². The first-order valence-electron chi connectivity index (χ1n) is 3.46. The number of carbonyl (C=O) groups excluding carboxylic acids is 1. The van der Waals surface area contributed by atoms with Crippen LogP contribution in [0.25, 0.3) is 0 Å². The number of halogens is 1. The molecule has 1 aromatic rings. The van der Waals surface area contributed by atoms with Crippen LogP contribution in [0.1, 0.15) is 0 Å². The highest BCUT2D eigenvalue weighted by Crippen LogP contribution is 2.12. The van der Waals surface area contributed by atoms with E-state index >= 15 is 0 Å². The highest BCUT2D eigenvalue weighted by atomic mass is 35.5. The van der Waals surface area contributed by atoms with E-state index in [1.807, 2.05) is 0 Å². The minimum absolute atomic E-state index is 0.496. The quantitative estimate of drug-likeness (QED) is 0.432. The number of nitrogens with zero attached hydrogens (tertiary/aromatic N) is 1. The Hall–Kier alpha value is -1.55. The molecule has 0 saturated heterocycles. The molecule has 0 fully saturated rings. The molecule has 0 bridgehead atoms. The molecule has 1 amide bonds. The Balaban J connectivity index is 2.64. The fourth-order valence-corrected chi connectivity index (χ4v) is 0.886. The molecule has 0 aliphatic rings. The average molecular weight is 199 g/mol. The van der Waals surface area contributed by atoms with Crippen LogP contribution in [0.4, 0.5) is 5.69 Å². The van der Waals surface area contributed by atoms with Crippen LogP contribution < -0.4 is 5.32 Å². The van der Waals surface area contributed by atoms with Crippen molar-refractivity contribution in [3.05, 3.63) is 29.3 Å². The van der Waals surface area contributed by atoms with Gasteiger partial charge in [0.25, 0.3) is 5.91 Å². The van der Waals surface area contributed by atoms with E-state index in [1.165, 1.54) is 0 Å². The first-order chi connectivity index (χ1) is 6.22. The van der Waals surface area contributed by atoms with Gasteiger partial charge in [0.15, 0.2) is 0 Å². The minimum atomic E-state index is -0.496. The fraction of sp³-hybridized carbons (Fsp3) is 0. The summed E-state index contributed by atoms with van der Waals surface area (Å²) in [7, 11) is 0. The summed E-state index contributed by atoms with van der Waals surface area (Å²) in [5, 5.41) is 13.7. The van der Waals surface area contributed by atoms with Gasteiger partial charge in [-0.2, -0.15) is 0 Å². The van der Waals surface area contributed by atoms with Crippen molar-refractivity contribution in [1.29, 1.82) is 0 Å². The van der Waals surface area contributed by atoms with Gasteiger partial charge in [0, 0.05) is 10.7 Å². The Labute approximate surface area is 79.8 Å². The predicted octanol–water partition coefficient (Wildman–Crippen LogP) is 1.74. The van der Waals surface area contributed by atoms with E-state index in [9.17, 15) is 4.79 Å². The lowest BCUT2D eigenvalue weighted by Gasteiger charge is -1.99. The van der Waals surface area contributed by atoms with Crippen molar-refractivity contribution in [2.75, 3.05) is 5.32 Å². The van der Waals surface area contributed by atoms with Crippen molar-refractivity contribution in [2.45, 2.75) is 0 Å². The van der Waals surface area contributed by atoms with Gasteiger partial charge in [-0.1, -0.05) is 16.8 Å². The Morgan fingerprint density at radius 2 is 2.08 bits per heavy atom. The van der Waals surface area contributed by atoms with E-state index in [1.54, 1.807) is 24.3 Å². The molecule has 0 aromatic heterocycles. The summed E-state index contributed by atoms with van der Waals surface area (Å²) >= 11 is 5.63. The number of rotatable bonds is 2. The average Bonchev–Trinajstić information content (AvgIpc) is 2.09. The van der Waals surface area contributed by atoms with Crippen LogP contribution in [0.3, 0.4) is 0 Å². The zero-order chi connectivity index (χ0) is 9.68. The lowest BCUT2D eigenvalue weighted by Crippen LogP contribution is -2.12. The highest BCUT2D eigenvalue weighted by molar-refractivity contribution is 6.32. The number of hydrogen-bond acceptors (Lipinski definition) is 3. The lowest BCUT2D eigenvalue weighted by molar-refractivity contribution is -0.110. The maximum Gasteiger partial charge on any atom is 0.270 e. The Kier molecular flexibility index (Phi) is 3.28. The third-order valence-electron chi connectivity index (χ3n) is 1.29. The predicted molar refractivity (Wildman–Crippen MR) is 50.4 cm³/mol. The largest absolute Gasteiger partial charge is 0.411 e. The normalized spacial score (nSPS) is 10.2. The Morgan fingerprint density at radius 3 is 2.62 bits per heavy atom. The molecule has 5 heteroatoms. The molecule has 0 heterocycles. The third kappa shape index (κ3) is 3.13. The van der Waals surface area contributed by atoms with Crippen LogP contribution in [0.15, 0.2) is 29.4 Å². The van der Waals surface area contributed by atoms with Crippen molar-refractivity contribution < 1.29 is 10.0 Å². The first-order valence-corrected chi connectivity index (χ1v) is 3.84. The van der Waals surface area contributed by atoms with E-state index < -0.39 is 5.91 Å². The molecule has 0 saturated carbocycles. The molecule has 0 aliphatic heterocycles. The van der Waals surface area contributed by atoms with E-state index in [4.69, 9.17) is 16.8 Å². The summed E-state index contributed by atoms with van der Waals surface area (Å²) in [6.07, 6.45) is 0.772. The number of carbonyl (C=O) groups is 1. The molecule has 2 N–H and O–H groups in total. The molecule has 0 unspecified atom stereocenters. The summed E-state index contributed by atoms with van der Waals surface area (Å²) in [4.78, 5) is 10.8. The summed E-state index contributed by atoms with van der Waals surface area (Å²) < 4.78 is 0. The number of benzene rings is 1. The molecule has 0 aliphatic carbocycles. The smallest absolute Gasteiger partial charge is 0.270 e. The van der Waals surface area contributed by atoms with Crippen LogP contribution in [0.5, 0.6) is 0 Å². The SMILES string of the molecule is O=C(/C=N\O)Nc1ccc(Cl)cc1. The second-order valence-electron chi connectivity index (χ2n) is 2.24. The van der Waals surface area contributed by atoms with Crippen molar-refractivity contribution in [2.24, 2.45) is 5.16 Å². The summed E-state index contributed by atoms with van der Waals surface area (Å²) in [5.74, 6) is -0.496. The molecule has 0 atom stereocenters. The number of hydrogen-bond donors (Lipinski definition) is 2. The van der Waals surface area contributed by atoms with E-state index in [2.05, 4.69) is 10.5 Å². The molecule has 0 spiro atoms. The molecule has 1 aromatic carbocycles. The van der Waals surface area contributed by atoms with Crippen LogP contribution in [0.2, 0.25) is 5.02 Å². The molecular weight excluding hydrogens is 192 g/mol. The van der Waals surface area contributed by atoms with Gasteiger partial charge >= 0.3 is 0 Å². The van der Waals surface area contributed by atoms with Gasteiger partial charge in [-0.3, -0.25) is 4.79 Å². The fourth-order valence-electron chi connectivity index (χ4n) is 0.760. The maximum atomic E-state index is 10.8. The van der Waals surface area contributed by atoms with Crippen LogP contribution in [-0.2, 0) is 4.79 Å². The van der Waals surface area contributed by atoms with Gasteiger partial charge in [0.05, 0.1) is 0 Å². The molecule has 4 nitrogen and oxygen atoms in total. The Bertz CT molecular complexity index is 321. The van der Waals surface area contributed by atoms with E-state index in [0.717, 1.165) is 6.21 Å². The lowest BCUT2D eigenvalue weighted by atomic mass is 10.3. The summed E-state index contributed by atoms with van der Waals surface area (Å²) in [6.45, 7) is 0. The molecule has 1 rings (SSSR count). The monoisotopic (exact) mass is 198 g/mol. The number of anilines is 1. The maximum absolute atomic E-state index is 10.8. The molecule has 0 radical (unpaired) electrons. The van der Waals surface area contributed by atoms with Crippen molar-refractivity contribution >= 4 is 29.4 Å². The number of amides is 1. The van der Waals surface area contributed by atoms with Gasteiger partial charge in [-0.25, -0.2) is 0 Å². The zero-order valence-electron chi connectivity index (χ0n) is 6.57. The summed E-state index contributed by atoms with van der Waals surface area (Å²) in [6, 6.07) is 6.58. The van der Waals surface area contributed by atoms with Gasteiger partial charge in [-0.15, -0.1) is 0 Å². The zero-order valence-corrected chi connectivity index (χ0v) is 7.32. The van der Waals surface area contributed by atoms with Crippen molar-refractivity contribution in [1.82, 2.24) is 0 Å². The van der Waals surface area contributed by atoms with E-state index in [-0.39, 0.29) is 0 Å². The molecule has 13 heavy (non-hydrogen) atoms. The van der Waals surface area contributed by atoms with Gasteiger partial charge in [0.2, 0.25) is 0 Å². The topological polar surface area (TPSA) is 61.7 Å². The van der Waals surface area contributed by atoms with E-state index in [0.29, 0.717) is 10.7 Å². The minimum Gasteiger partial charge on any atom is -0.411 e. The van der Waals surface area contributed by atoms with Crippen LogP contribution >= 0.6 is 11.6 Å². The molecule has 68 valence electrons. The van der Waals surface area contributed by atoms with Crippen LogP contribution in [0, 0.1) is 0 Å². The van der Waals surface area contributed by atoms with Crippen molar-refractivity contribution in [3.63, 3.8) is 0 Å². The molecular formula is C8H7ClN2O2. The van der Waals surface area contributed by atoms with Gasteiger partial charge in [-0.05, 0) is 24.3 Å². The third-order valence-corrected chi connectivity index (χ3v) is 1.54. The first kappa shape index (κ1) is 9.54. The second-order valence-corrected chi connectivity index (χ2v) is 2.68. The summed E-state index contributed by atoms with van der Waals surface area (Å²) in [5.41, 5.74) is 0.592.